The fourth-order valence-electron chi connectivity index (χ4n) is 2.30. The van der Waals surface area contributed by atoms with E-state index in [1.165, 1.54) is 18.7 Å². The van der Waals surface area contributed by atoms with Crippen LogP contribution in [-0.4, -0.2) is 22.5 Å². The van der Waals surface area contributed by atoms with Crippen molar-refractivity contribution in [2.24, 2.45) is 5.92 Å². The number of halogens is 1. The molecular weight excluding hydrogens is 205 g/mol. The van der Waals surface area contributed by atoms with E-state index in [0.717, 1.165) is 30.9 Å². The van der Waals surface area contributed by atoms with Gasteiger partial charge < -0.3 is 9.72 Å². The van der Waals surface area contributed by atoms with Crippen molar-refractivity contribution in [1.29, 1.82) is 0 Å². The van der Waals surface area contributed by atoms with E-state index in [2.05, 4.69) is 10.3 Å². The van der Waals surface area contributed by atoms with Gasteiger partial charge in [-0.2, -0.15) is 0 Å². The van der Waals surface area contributed by atoms with Crippen LogP contribution in [0.1, 0.15) is 12.1 Å². The fraction of sp³-hybridized carbons (Fsp3) is 0.417. The Morgan fingerprint density at radius 3 is 3.19 bits per heavy atom. The first kappa shape index (κ1) is 9.78. The zero-order valence-electron chi connectivity index (χ0n) is 8.99. The lowest BCUT2D eigenvalue weighted by molar-refractivity contribution is 0.573. The van der Waals surface area contributed by atoms with Crippen molar-refractivity contribution < 1.29 is 4.39 Å². The molecule has 1 unspecified atom stereocenters. The molecule has 2 aromatic heterocycles. The van der Waals surface area contributed by atoms with Crippen LogP contribution >= 0.6 is 0 Å². The molecule has 0 spiro atoms. The van der Waals surface area contributed by atoms with E-state index in [1.54, 1.807) is 10.5 Å². The van der Waals surface area contributed by atoms with Crippen molar-refractivity contribution in [3.63, 3.8) is 0 Å². The number of imidazole rings is 1. The Labute approximate surface area is 93.3 Å². The molecule has 1 atom stereocenters. The standard InChI is InChI=1S/C12H14FN3/c13-10-1-2-12-15-11(8-16(12)7-10)5-9-3-4-14-6-9/h1-2,7-9,14H,3-6H2. The largest absolute Gasteiger partial charge is 0.316 e. The van der Waals surface area contributed by atoms with Gasteiger partial charge in [0.1, 0.15) is 11.5 Å². The summed E-state index contributed by atoms with van der Waals surface area (Å²) in [6.07, 6.45) is 5.59. The maximum absolute atomic E-state index is 13.0. The molecule has 0 amide bonds. The Balaban J connectivity index is 1.86. The minimum atomic E-state index is -0.223. The number of nitrogens with one attached hydrogen (secondary N) is 1. The maximum Gasteiger partial charge on any atom is 0.139 e. The highest BCUT2D eigenvalue weighted by Crippen LogP contribution is 2.15. The summed E-state index contributed by atoms with van der Waals surface area (Å²) in [7, 11) is 0. The molecule has 0 bridgehead atoms. The summed E-state index contributed by atoms with van der Waals surface area (Å²) in [6, 6.07) is 3.16. The van der Waals surface area contributed by atoms with Crippen LogP contribution in [-0.2, 0) is 6.42 Å². The Morgan fingerprint density at radius 1 is 1.44 bits per heavy atom. The van der Waals surface area contributed by atoms with Crippen molar-refractivity contribution >= 4 is 5.65 Å². The van der Waals surface area contributed by atoms with Crippen molar-refractivity contribution in [3.8, 4) is 0 Å². The summed E-state index contributed by atoms with van der Waals surface area (Å²) >= 11 is 0. The number of nitrogens with zero attached hydrogens (tertiary/aromatic N) is 2. The van der Waals surface area contributed by atoms with Crippen molar-refractivity contribution in [3.05, 3.63) is 36.0 Å². The number of rotatable bonds is 2. The van der Waals surface area contributed by atoms with Crippen LogP contribution in [0.25, 0.3) is 5.65 Å². The average molecular weight is 219 g/mol. The first-order valence-corrected chi connectivity index (χ1v) is 5.65. The van der Waals surface area contributed by atoms with Crippen LogP contribution in [0.5, 0.6) is 0 Å². The first-order valence-electron chi connectivity index (χ1n) is 5.65. The Bertz CT molecular complexity index is 500. The van der Waals surface area contributed by atoms with E-state index in [4.69, 9.17) is 0 Å². The van der Waals surface area contributed by atoms with E-state index in [1.807, 2.05) is 6.20 Å². The molecule has 3 heterocycles. The molecule has 1 fully saturated rings. The molecule has 1 saturated heterocycles. The molecule has 3 rings (SSSR count). The maximum atomic E-state index is 13.0. The SMILES string of the molecule is Fc1ccc2nc(CC3CCNC3)cn2c1. The van der Waals surface area contributed by atoms with Gasteiger partial charge in [0, 0.05) is 12.4 Å². The third kappa shape index (κ3) is 1.80. The smallest absolute Gasteiger partial charge is 0.139 e. The highest BCUT2D eigenvalue weighted by atomic mass is 19.1. The van der Waals surface area contributed by atoms with Crippen LogP contribution in [0.15, 0.2) is 24.5 Å². The summed E-state index contributed by atoms with van der Waals surface area (Å²) in [5.74, 6) is 0.453. The lowest BCUT2D eigenvalue weighted by Gasteiger charge is -2.03. The van der Waals surface area contributed by atoms with E-state index in [9.17, 15) is 4.39 Å². The number of hydrogen-bond donors (Lipinski definition) is 1. The molecule has 1 aliphatic rings. The van der Waals surface area contributed by atoms with Gasteiger partial charge >= 0.3 is 0 Å². The molecule has 0 saturated carbocycles. The van der Waals surface area contributed by atoms with Gasteiger partial charge in [-0.25, -0.2) is 9.37 Å². The zero-order valence-corrected chi connectivity index (χ0v) is 8.99. The third-order valence-electron chi connectivity index (χ3n) is 3.13. The first-order chi connectivity index (χ1) is 7.81. The van der Waals surface area contributed by atoms with Crippen LogP contribution < -0.4 is 5.32 Å². The van der Waals surface area contributed by atoms with Crippen LogP contribution in [0.4, 0.5) is 4.39 Å². The summed E-state index contributed by atoms with van der Waals surface area (Å²) < 4.78 is 14.7. The average Bonchev–Trinajstić information content (AvgIpc) is 2.86. The summed E-state index contributed by atoms with van der Waals surface area (Å²) in [6.45, 7) is 2.18. The third-order valence-corrected chi connectivity index (χ3v) is 3.13. The normalized spacial score (nSPS) is 20.7. The molecule has 3 nitrogen and oxygen atoms in total. The molecule has 1 aliphatic heterocycles. The van der Waals surface area contributed by atoms with E-state index >= 15 is 0 Å². The second-order valence-electron chi connectivity index (χ2n) is 4.41. The monoisotopic (exact) mass is 219 g/mol. The molecule has 16 heavy (non-hydrogen) atoms. The van der Waals surface area contributed by atoms with Crippen LogP contribution in [0.2, 0.25) is 0 Å². The molecule has 0 radical (unpaired) electrons. The number of aromatic nitrogens is 2. The minimum Gasteiger partial charge on any atom is -0.316 e. The summed E-state index contributed by atoms with van der Waals surface area (Å²) in [5, 5.41) is 3.34. The summed E-state index contributed by atoms with van der Waals surface area (Å²) in [4.78, 5) is 4.49. The van der Waals surface area contributed by atoms with E-state index in [-0.39, 0.29) is 5.82 Å². The topological polar surface area (TPSA) is 29.3 Å². The van der Waals surface area contributed by atoms with Gasteiger partial charge in [-0.1, -0.05) is 0 Å². The highest BCUT2D eigenvalue weighted by molar-refractivity contribution is 5.39. The van der Waals surface area contributed by atoms with E-state index in [0.29, 0.717) is 5.92 Å². The molecular formula is C12H14FN3. The molecule has 4 heteroatoms. The van der Waals surface area contributed by atoms with Crippen LogP contribution in [0.3, 0.4) is 0 Å². The number of fused-ring (bicyclic) bond motifs is 1. The fourth-order valence-corrected chi connectivity index (χ4v) is 2.30. The quantitative estimate of drug-likeness (QED) is 0.831. The predicted octanol–water partition coefficient (Wildman–Crippen LogP) is 1.63. The Morgan fingerprint density at radius 2 is 2.38 bits per heavy atom. The zero-order chi connectivity index (χ0) is 11.0. The van der Waals surface area contributed by atoms with Gasteiger partial charge in [-0.3, -0.25) is 0 Å². The molecule has 1 N–H and O–H groups in total. The van der Waals surface area contributed by atoms with E-state index < -0.39 is 0 Å². The molecule has 84 valence electrons. The summed E-state index contributed by atoms with van der Waals surface area (Å²) in [5.41, 5.74) is 1.88. The van der Waals surface area contributed by atoms with Crippen LogP contribution in [0, 0.1) is 11.7 Å². The lowest BCUT2D eigenvalue weighted by atomic mass is 10.0. The molecule has 0 aromatic carbocycles. The van der Waals surface area contributed by atoms with Crippen molar-refractivity contribution in [2.75, 3.05) is 13.1 Å². The van der Waals surface area contributed by atoms with Gasteiger partial charge in [0.05, 0.1) is 5.69 Å². The molecule has 2 aromatic rings. The highest BCUT2D eigenvalue weighted by Gasteiger charge is 2.16. The van der Waals surface area contributed by atoms with Gasteiger partial charge in [-0.15, -0.1) is 0 Å². The second-order valence-corrected chi connectivity index (χ2v) is 4.41. The van der Waals surface area contributed by atoms with Crippen molar-refractivity contribution in [1.82, 2.24) is 14.7 Å². The Kier molecular flexibility index (Phi) is 2.36. The number of pyridine rings is 1. The molecule has 0 aliphatic carbocycles. The minimum absolute atomic E-state index is 0.223. The number of hydrogen-bond acceptors (Lipinski definition) is 2. The van der Waals surface area contributed by atoms with Gasteiger partial charge in [0.2, 0.25) is 0 Å². The van der Waals surface area contributed by atoms with Crippen molar-refractivity contribution in [2.45, 2.75) is 12.8 Å². The predicted molar refractivity (Wildman–Crippen MR) is 59.8 cm³/mol. The van der Waals surface area contributed by atoms with Gasteiger partial charge in [0.25, 0.3) is 0 Å². The van der Waals surface area contributed by atoms with Gasteiger partial charge in [0.15, 0.2) is 0 Å². The Hall–Kier alpha value is -1.42. The van der Waals surface area contributed by atoms with Gasteiger partial charge in [-0.05, 0) is 44.0 Å². The lowest BCUT2D eigenvalue weighted by Crippen LogP contribution is -2.10. The second kappa shape index (κ2) is 3.87.